The van der Waals surface area contributed by atoms with Crippen molar-refractivity contribution in [1.29, 1.82) is 0 Å². The highest BCUT2D eigenvalue weighted by atomic mass is 16.5. The van der Waals surface area contributed by atoms with Crippen molar-refractivity contribution in [3.63, 3.8) is 0 Å². The van der Waals surface area contributed by atoms with Crippen molar-refractivity contribution in [1.82, 2.24) is 9.80 Å². The number of benzene rings is 1. The van der Waals surface area contributed by atoms with Crippen LogP contribution in [0.4, 0.5) is 0 Å². The van der Waals surface area contributed by atoms with Crippen LogP contribution >= 0.6 is 0 Å². The number of rotatable bonds is 6. The Morgan fingerprint density at radius 3 is 2.15 bits per heavy atom. The molecule has 1 heterocycles. The average Bonchev–Trinajstić information content (AvgIpc) is 2.65. The molecule has 2 amide bonds. The Morgan fingerprint density at radius 2 is 1.63 bits per heavy atom. The van der Waals surface area contributed by atoms with Gasteiger partial charge < -0.3 is 14.5 Å². The number of ether oxygens (including phenoxy) is 1. The molecule has 0 spiro atoms. The third-order valence-corrected chi connectivity index (χ3v) is 5.16. The minimum absolute atomic E-state index is 0.0467. The molecule has 5 nitrogen and oxygen atoms in total. The molecule has 5 heteroatoms. The summed E-state index contributed by atoms with van der Waals surface area (Å²) < 4.78 is 5.48. The van der Waals surface area contributed by atoms with Crippen LogP contribution in [-0.4, -0.2) is 54.9 Å². The van der Waals surface area contributed by atoms with Gasteiger partial charge in [0.15, 0.2) is 0 Å². The predicted molar refractivity (Wildman–Crippen MR) is 108 cm³/mol. The van der Waals surface area contributed by atoms with E-state index in [1.807, 2.05) is 21.9 Å². The second kappa shape index (κ2) is 9.25. The van der Waals surface area contributed by atoms with Crippen molar-refractivity contribution in [3.05, 3.63) is 29.3 Å². The topological polar surface area (TPSA) is 49.9 Å². The molecule has 1 aliphatic heterocycles. The summed E-state index contributed by atoms with van der Waals surface area (Å²) in [6.07, 6.45) is 2.97. The minimum Gasteiger partial charge on any atom is -0.496 e. The molecule has 150 valence electrons. The fourth-order valence-corrected chi connectivity index (χ4v) is 3.43. The van der Waals surface area contributed by atoms with Crippen LogP contribution in [0, 0.1) is 0 Å². The minimum atomic E-state index is -0.0467. The Kier molecular flexibility index (Phi) is 7.28. The van der Waals surface area contributed by atoms with Gasteiger partial charge in [-0.15, -0.1) is 0 Å². The number of unbranched alkanes of at least 4 members (excludes halogenated alkanes) is 1. The molecule has 0 atom stereocenters. The van der Waals surface area contributed by atoms with Crippen LogP contribution in [0.2, 0.25) is 0 Å². The zero-order chi connectivity index (χ0) is 20.0. The lowest BCUT2D eigenvalue weighted by molar-refractivity contribution is -0.139. The van der Waals surface area contributed by atoms with E-state index in [4.69, 9.17) is 4.74 Å². The van der Waals surface area contributed by atoms with Crippen molar-refractivity contribution in [2.75, 3.05) is 33.3 Å². The molecule has 0 saturated carbocycles. The molecular formula is C22H34N2O3. The normalized spacial score (nSPS) is 15.0. The Morgan fingerprint density at radius 1 is 1.04 bits per heavy atom. The first-order valence-corrected chi connectivity index (χ1v) is 9.99. The first kappa shape index (κ1) is 21.3. The Hall–Kier alpha value is -2.04. The monoisotopic (exact) mass is 374 g/mol. The molecule has 0 N–H and O–H groups in total. The largest absolute Gasteiger partial charge is 0.496 e. The lowest BCUT2D eigenvalue weighted by Crippen LogP contribution is -2.50. The lowest BCUT2D eigenvalue weighted by atomic mass is 9.85. The Balaban J connectivity index is 1.96. The average molecular weight is 375 g/mol. The van der Waals surface area contributed by atoms with Gasteiger partial charge in [0.25, 0.3) is 0 Å². The van der Waals surface area contributed by atoms with Crippen molar-refractivity contribution in [2.45, 2.75) is 58.8 Å². The molecule has 27 heavy (non-hydrogen) atoms. The summed E-state index contributed by atoms with van der Waals surface area (Å²) in [5.41, 5.74) is 2.07. The van der Waals surface area contributed by atoms with E-state index in [9.17, 15) is 9.59 Å². The van der Waals surface area contributed by atoms with Crippen LogP contribution in [-0.2, 0) is 21.4 Å². The van der Waals surface area contributed by atoms with Gasteiger partial charge >= 0.3 is 0 Å². The van der Waals surface area contributed by atoms with Crippen LogP contribution in [0.3, 0.4) is 0 Å². The standard InChI is InChI=1S/C22H34N2O3/c1-6-7-8-20(25)23-11-13-24(14-12-23)21(26)16-17-9-10-19(27-5)18(15-17)22(2,3)4/h9-10,15H,6-8,11-14,16H2,1-5H3. The molecule has 1 saturated heterocycles. The molecule has 0 aliphatic carbocycles. The van der Waals surface area contributed by atoms with Crippen LogP contribution in [0.1, 0.15) is 58.1 Å². The first-order valence-electron chi connectivity index (χ1n) is 9.99. The van der Waals surface area contributed by atoms with E-state index in [1.165, 1.54) is 0 Å². The predicted octanol–water partition coefficient (Wildman–Crippen LogP) is 3.40. The SMILES string of the molecule is CCCCC(=O)N1CCN(C(=O)Cc2ccc(OC)c(C(C)(C)C)c2)CC1. The van der Waals surface area contributed by atoms with Crippen molar-refractivity contribution in [3.8, 4) is 5.75 Å². The van der Waals surface area contributed by atoms with Crippen LogP contribution in [0.5, 0.6) is 5.75 Å². The van der Waals surface area contributed by atoms with Crippen molar-refractivity contribution in [2.24, 2.45) is 0 Å². The Bertz CT molecular complexity index is 656. The van der Waals surface area contributed by atoms with Gasteiger partial charge in [0.2, 0.25) is 11.8 Å². The van der Waals surface area contributed by atoms with E-state index in [0.29, 0.717) is 39.0 Å². The van der Waals surface area contributed by atoms with Crippen LogP contribution in [0.25, 0.3) is 0 Å². The van der Waals surface area contributed by atoms with Gasteiger partial charge in [-0.25, -0.2) is 0 Å². The molecule has 2 rings (SSSR count). The number of nitrogens with zero attached hydrogens (tertiary/aromatic N) is 2. The van der Waals surface area contributed by atoms with Crippen LogP contribution in [0.15, 0.2) is 18.2 Å². The van der Waals surface area contributed by atoms with Gasteiger partial charge in [-0.05, 0) is 29.0 Å². The quantitative estimate of drug-likeness (QED) is 0.767. The zero-order valence-corrected chi connectivity index (χ0v) is 17.5. The summed E-state index contributed by atoms with van der Waals surface area (Å²) in [6, 6.07) is 6.01. The van der Waals surface area contributed by atoms with E-state index in [-0.39, 0.29) is 17.2 Å². The van der Waals surface area contributed by atoms with Crippen LogP contribution < -0.4 is 4.74 Å². The number of piperazine rings is 1. The molecule has 1 fully saturated rings. The van der Waals surface area contributed by atoms with Crippen molar-refractivity contribution < 1.29 is 14.3 Å². The molecule has 0 radical (unpaired) electrons. The lowest BCUT2D eigenvalue weighted by Gasteiger charge is -2.35. The second-order valence-corrected chi connectivity index (χ2v) is 8.33. The van der Waals surface area contributed by atoms with E-state index in [0.717, 1.165) is 29.7 Å². The summed E-state index contributed by atoms with van der Waals surface area (Å²) in [4.78, 5) is 28.6. The summed E-state index contributed by atoms with van der Waals surface area (Å²) in [7, 11) is 1.68. The van der Waals surface area contributed by atoms with Gasteiger partial charge in [-0.1, -0.05) is 46.2 Å². The highest BCUT2D eigenvalue weighted by Crippen LogP contribution is 2.32. The zero-order valence-electron chi connectivity index (χ0n) is 17.5. The molecule has 1 aromatic carbocycles. The number of methoxy groups -OCH3 is 1. The van der Waals surface area contributed by atoms with E-state index in [1.54, 1.807) is 7.11 Å². The molecule has 0 bridgehead atoms. The highest BCUT2D eigenvalue weighted by molar-refractivity contribution is 5.80. The summed E-state index contributed by atoms with van der Waals surface area (Å²) in [5.74, 6) is 1.20. The maximum absolute atomic E-state index is 12.7. The molecule has 1 aliphatic rings. The molecule has 0 unspecified atom stereocenters. The van der Waals surface area contributed by atoms with Gasteiger partial charge in [0, 0.05) is 32.6 Å². The fraction of sp³-hybridized carbons (Fsp3) is 0.636. The maximum Gasteiger partial charge on any atom is 0.227 e. The number of amides is 2. The van der Waals surface area contributed by atoms with E-state index >= 15 is 0 Å². The first-order chi connectivity index (χ1) is 12.8. The Labute approximate surface area is 163 Å². The second-order valence-electron chi connectivity index (χ2n) is 8.33. The number of carbonyl (C=O) groups is 2. The van der Waals surface area contributed by atoms with Gasteiger partial charge in [0.05, 0.1) is 13.5 Å². The highest BCUT2D eigenvalue weighted by Gasteiger charge is 2.25. The molecule has 0 aromatic heterocycles. The van der Waals surface area contributed by atoms with Gasteiger partial charge in [-0.2, -0.15) is 0 Å². The molecular weight excluding hydrogens is 340 g/mol. The summed E-state index contributed by atoms with van der Waals surface area (Å²) in [5, 5.41) is 0. The summed E-state index contributed by atoms with van der Waals surface area (Å²) in [6.45, 7) is 11.1. The maximum atomic E-state index is 12.7. The van der Waals surface area contributed by atoms with E-state index in [2.05, 4.69) is 33.8 Å². The summed E-state index contributed by atoms with van der Waals surface area (Å²) >= 11 is 0. The van der Waals surface area contributed by atoms with E-state index < -0.39 is 0 Å². The molecule has 1 aromatic rings. The third-order valence-electron chi connectivity index (χ3n) is 5.16. The van der Waals surface area contributed by atoms with Gasteiger partial charge in [0.1, 0.15) is 5.75 Å². The van der Waals surface area contributed by atoms with Crippen molar-refractivity contribution >= 4 is 11.8 Å². The third kappa shape index (κ3) is 5.72. The smallest absolute Gasteiger partial charge is 0.227 e. The number of carbonyl (C=O) groups excluding carboxylic acids is 2. The van der Waals surface area contributed by atoms with Gasteiger partial charge in [-0.3, -0.25) is 9.59 Å². The fourth-order valence-electron chi connectivity index (χ4n) is 3.43. The number of hydrogen-bond donors (Lipinski definition) is 0. The number of hydrogen-bond acceptors (Lipinski definition) is 3.